The van der Waals surface area contributed by atoms with Crippen LogP contribution in [-0.4, -0.2) is 89.7 Å². The highest BCUT2D eigenvalue weighted by molar-refractivity contribution is 7.93. The first kappa shape index (κ1) is 25.4. The van der Waals surface area contributed by atoms with Gasteiger partial charge < -0.3 is 28.0 Å². The highest BCUT2D eigenvalue weighted by Crippen LogP contribution is 2.34. The second-order valence-electron chi connectivity index (χ2n) is 5.91. The maximum atomic E-state index is 9.57. The molecule has 0 aromatic carbocycles. The van der Waals surface area contributed by atoms with Gasteiger partial charge in [0, 0.05) is 26.1 Å². The third kappa shape index (κ3) is 24.4. The quantitative estimate of drug-likeness (QED) is 0.191. The number of rotatable bonds is 20. The second-order valence-corrected chi connectivity index (χ2v) is 9.61. The van der Waals surface area contributed by atoms with Gasteiger partial charge in [-0.25, -0.2) is 0 Å². The number of unbranched alkanes of at least 4 members (excludes halogenated alkanes) is 2. The van der Waals surface area contributed by atoms with Crippen molar-refractivity contribution >= 4 is 25.5 Å². The average molecular weight is 401 g/mol. The summed E-state index contributed by atoms with van der Waals surface area (Å²) in [5.74, 6) is 0. The standard InChI is InChI=1S/C17H37O6PS/c1-24(2,18)17-7-10-19-8-5-4-6-9-20-11-12-21-13-14-22-15-16-23-25-3/h18H,1,4-17H2,2-3H3. The van der Waals surface area contributed by atoms with Crippen molar-refractivity contribution in [2.75, 3.05) is 78.5 Å². The SMILES string of the molecule is C=P(C)(O)CCCOCCCCCOCCOCCOCCOSC. The van der Waals surface area contributed by atoms with E-state index in [2.05, 4.69) is 6.30 Å². The van der Waals surface area contributed by atoms with E-state index in [9.17, 15) is 4.89 Å². The van der Waals surface area contributed by atoms with Crippen molar-refractivity contribution in [1.82, 2.24) is 0 Å². The Kier molecular flexibility index (Phi) is 19.5. The molecular formula is C17H37O6PS. The van der Waals surface area contributed by atoms with Crippen LogP contribution in [0.1, 0.15) is 25.7 Å². The van der Waals surface area contributed by atoms with Gasteiger partial charge in [0.2, 0.25) is 0 Å². The van der Waals surface area contributed by atoms with E-state index < -0.39 is 7.11 Å². The largest absolute Gasteiger partial charge is 0.381 e. The van der Waals surface area contributed by atoms with Crippen LogP contribution >= 0.6 is 19.2 Å². The fraction of sp³-hybridized carbons (Fsp3) is 0.941. The van der Waals surface area contributed by atoms with Gasteiger partial charge >= 0.3 is 0 Å². The van der Waals surface area contributed by atoms with E-state index in [-0.39, 0.29) is 0 Å². The molecule has 0 fully saturated rings. The molecule has 0 heterocycles. The van der Waals surface area contributed by atoms with Gasteiger partial charge in [-0.1, -0.05) is 6.30 Å². The molecule has 0 saturated heterocycles. The Morgan fingerprint density at radius 2 is 1.16 bits per heavy atom. The molecule has 0 aromatic heterocycles. The zero-order valence-corrected chi connectivity index (χ0v) is 17.7. The monoisotopic (exact) mass is 400 g/mol. The van der Waals surface area contributed by atoms with Crippen LogP contribution in [0.2, 0.25) is 0 Å². The number of hydrogen-bond acceptors (Lipinski definition) is 7. The van der Waals surface area contributed by atoms with Crippen molar-refractivity contribution in [3.05, 3.63) is 0 Å². The summed E-state index contributed by atoms with van der Waals surface area (Å²) in [6, 6.07) is 0. The number of hydrogen-bond donors (Lipinski definition) is 1. The molecular weight excluding hydrogens is 363 g/mol. The molecule has 0 aliphatic rings. The lowest BCUT2D eigenvalue weighted by Crippen LogP contribution is -2.11. The molecule has 0 saturated carbocycles. The Morgan fingerprint density at radius 3 is 1.68 bits per heavy atom. The normalized spacial score (nSPS) is 13.9. The van der Waals surface area contributed by atoms with Crippen LogP contribution in [0.3, 0.4) is 0 Å². The summed E-state index contributed by atoms with van der Waals surface area (Å²) in [6.07, 6.45) is 10.5. The summed E-state index contributed by atoms with van der Waals surface area (Å²) in [6.45, 7) is 7.70. The van der Waals surface area contributed by atoms with Gasteiger partial charge in [0.25, 0.3) is 0 Å². The molecule has 0 radical (unpaired) electrons. The molecule has 1 unspecified atom stereocenters. The summed E-state index contributed by atoms with van der Waals surface area (Å²) in [5, 5.41) is 0. The first-order valence-corrected chi connectivity index (χ1v) is 12.7. The summed E-state index contributed by atoms with van der Waals surface area (Å²) < 4.78 is 26.9. The maximum Gasteiger partial charge on any atom is 0.0847 e. The Balaban J connectivity index is 3.02. The molecule has 1 atom stereocenters. The van der Waals surface area contributed by atoms with Crippen LogP contribution in [0.25, 0.3) is 0 Å². The molecule has 0 aliphatic heterocycles. The Bertz CT molecular complexity index is 314. The predicted molar refractivity (Wildman–Crippen MR) is 108 cm³/mol. The van der Waals surface area contributed by atoms with Crippen molar-refractivity contribution in [2.24, 2.45) is 0 Å². The lowest BCUT2D eigenvalue weighted by Gasteiger charge is -2.10. The zero-order chi connectivity index (χ0) is 18.6. The molecule has 0 aromatic rings. The lowest BCUT2D eigenvalue weighted by atomic mass is 10.2. The Hall–Kier alpha value is 0.410. The fourth-order valence-corrected chi connectivity index (χ4v) is 2.96. The van der Waals surface area contributed by atoms with Crippen molar-refractivity contribution in [1.29, 1.82) is 0 Å². The second kappa shape index (κ2) is 19.2. The van der Waals surface area contributed by atoms with Gasteiger partial charge in [0.1, 0.15) is 0 Å². The van der Waals surface area contributed by atoms with Gasteiger partial charge in [-0.2, -0.15) is 0 Å². The van der Waals surface area contributed by atoms with Crippen LogP contribution in [0.15, 0.2) is 0 Å². The van der Waals surface area contributed by atoms with Gasteiger partial charge in [-0.05, 0) is 57.7 Å². The molecule has 0 aliphatic carbocycles. The molecule has 8 heteroatoms. The average Bonchev–Trinajstić information content (AvgIpc) is 2.56. The molecule has 0 bridgehead atoms. The van der Waals surface area contributed by atoms with Crippen molar-refractivity contribution in [3.63, 3.8) is 0 Å². The van der Waals surface area contributed by atoms with Gasteiger partial charge in [0.05, 0.1) is 39.6 Å². The summed E-state index contributed by atoms with van der Waals surface area (Å²) >= 11 is 1.35. The van der Waals surface area contributed by atoms with E-state index in [1.54, 1.807) is 0 Å². The first-order valence-electron chi connectivity index (χ1n) is 8.95. The highest BCUT2D eigenvalue weighted by atomic mass is 32.2. The predicted octanol–water partition coefficient (Wildman–Crippen LogP) is 2.89. The van der Waals surface area contributed by atoms with Crippen molar-refractivity contribution in [2.45, 2.75) is 25.7 Å². The van der Waals surface area contributed by atoms with Crippen LogP contribution < -0.4 is 0 Å². The Labute approximate surface area is 158 Å². The summed E-state index contributed by atoms with van der Waals surface area (Å²) in [4.78, 5) is 9.57. The smallest absolute Gasteiger partial charge is 0.0847 e. The van der Waals surface area contributed by atoms with Crippen LogP contribution in [0.5, 0.6) is 0 Å². The minimum Gasteiger partial charge on any atom is -0.381 e. The van der Waals surface area contributed by atoms with Gasteiger partial charge in [0.15, 0.2) is 0 Å². The minimum absolute atomic E-state index is 0.589. The summed E-state index contributed by atoms with van der Waals surface area (Å²) in [7, 11) is -1.88. The number of ether oxygens (including phenoxy) is 4. The molecule has 6 nitrogen and oxygen atoms in total. The lowest BCUT2D eigenvalue weighted by molar-refractivity contribution is 0.00958. The van der Waals surface area contributed by atoms with Crippen LogP contribution in [-0.2, 0) is 23.1 Å². The van der Waals surface area contributed by atoms with Crippen molar-refractivity contribution < 1.29 is 28.0 Å². The molecule has 1 N–H and O–H groups in total. The van der Waals surface area contributed by atoms with Crippen LogP contribution in [0, 0.1) is 0 Å². The highest BCUT2D eigenvalue weighted by Gasteiger charge is 2.00. The maximum absolute atomic E-state index is 9.57. The van der Waals surface area contributed by atoms with E-state index in [0.29, 0.717) is 46.2 Å². The van der Waals surface area contributed by atoms with E-state index in [1.165, 1.54) is 12.0 Å². The fourth-order valence-electron chi connectivity index (χ4n) is 1.91. The third-order valence-corrected chi connectivity index (χ3v) is 4.86. The molecule has 0 spiro atoms. The van der Waals surface area contributed by atoms with Gasteiger partial charge in [-0.15, -0.1) is 0 Å². The molecule has 25 heavy (non-hydrogen) atoms. The van der Waals surface area contributed by atoms with Crippen molar-refractivity contribution in [3.8, 4) is 0 Å². The molecule has 0 rings (SSSR count). The van der Waals surface area contributed by atoms with E-state index in [0.717, 1.165) is 45.1 Å². The van der Waals surface area contributed by atoms with E-state index in [1.807, 2.05) is 12.9 Å². The third-order valence-electron chi connectivity index (χ3n) is 3.18. The topological polar surface area (TPSA) is 66.4 Å². The van der Waals surface area contributed by atoms with Gasteiger partial charge in [-0.3, -0.25) is 0 Å². The minimum atomic E-state index is -1.88. The first-order chi connectivity index (χ1) is 12.1. The van der Waals surface area contributed by atoms with Crippen LogP contribution in [0.4, 0.5) is 0 Å². The van der Waals surface area contributed by atoms with E-state index >= 15 is 0 Å². The molecule has 152 valence electrons. The summed E-state index contributed by atoms with van der Waals surface area (Å²) in [5.41, 5.74) is 0. The Morgan fingerprint density at radius 1 is 0.720 bits per heavy atom. The molecule has 0 amide bonds. The zero-order valence-electron chi connectivity index (χ0n) is 16.0. The van der Waals surface area contributed by atoms with E-state index in [4.69, 9.17) is 23.1 Å².